The smallest absolute Gasteiger partial charge is 0.325 e. The molecule has 1 aliphatic carbocycles. The summed E-state index contributed by atoms with van der Waals surface area (Å²) in [6.07, 6.45) is 9.44. The summed E-state index contributed by atoms with van der Waals surface area (Å²) in [7, 11) is -3.98. The van der Waals surface area contributed by atoms with E-state index in [9.17, 15) is 18.0 Å². The maximum absolute atomic E-state index is 13.3. The number of Topliss-reactive ketones (excluding diaryl/α,β-unsaturated/α-hetero) is 1. The topological polar surface area (TPSA) is 147 Å². The number of imidazole rings is 1. The first-order chi connectivity index (χ1) is 18.4. The van der Waals surface area contributed by atoms with Crippen LogP contribution >= 0.6 is 23.1 Å². The van der Waals surface area contributed by atoms with Crippen LogP contribution in [0.25, 0.3) is 0 Å². The Kier molecular flexibility index (Phi) is 7.86. The number of hydrogen-bond acceptors (Lipinski definition) is 9. The summed E-state index contributed by atoms with van der Waals surface area (Å²) in [4.78, 5) is 41.8. The lowest BCUT2D eigenvalue weighted by atomic mass is 9.96. The van der Waals surface area contributed by atoms with Gasteiger partial charge in [0.1, 0.15) is 0 Å². The van der Waals surface area contributed by atoms with Crippen molar-refractivity contribution >= 4 is 55.6 Å². The SMILES string of the molecule is O=C(Nc1nc(CSc2ccccc2)c(S(=O)(=O)c2ncc[nH]2)s1)Nc1cnccc1C(=O)C1CCCC1. The van der Waals surface area contributed by atoms with E-state index in [2.05, 4.69) is 30.6 Å². The summed E-state index contributed by atoms with van der Waals surface area (Å²) in [6, 6.07) is 10.5. The molecule has 0 spiro atoms. The largest absolute Gasteiger partial charge is 0.335 e. The number of sulfone groups is 1. The number of urea groups is 1. The van der Waals surface area contributed by atoms with E-state index in [1.165, 1.54) is 36.5 Å². The van der Waals surface area contributed by atoms with Crippen LogP contribution in [-0.4, -0.2) is 40.2 Å². The molecule has 10 nitrogen and oxygen atoms in total. The fourth-order valence-electron chi connectivity index (χ4n) is 4.21. The average Bonchev–Trinajstić information content (AvgIpc) is 3.71. The van der Waals surface area contributed by atoms with Crippen molar-refractivity contribution in [2.75, 3.05) is 10.6 Å². The lowest BCUT2D eigenvalue weighted by Crippen LogP contribution is -2.22. The predicted octanol–water partition coefficient (Wildman–Crippen LogP) is 5.40. The molecule has 3 N–H and O–H groups in total. The normalized spacial score (nSPS) is 13.9. The molecule has 0 atom stereocenters. The molecule has 38 heavy (non-hydrogen) atoms. The molecule has 3 aromatic heterocycles. The van der Waals surface area contributed by atoms with Crippen molar-refractivity contribution in [3.8, 4) is 0 Å². The number of nitrogens with zero attached hydrogens (tertiary/aromatic N) is 3. The summed E-state index contributed by atoms with van der Waals surface area (Å²) < 4.78 is 26.5. The minimum atomic E-state index is -3.98. The number of nitrogens with one attached hydrogen (secondary N) is 3. The Labute approximate surface area is 227 Å². The summed E-state index contributed by atoms with van der Waals surface area (Å²) in [5.74, 6) is 0.197. The molecule has 2 amide bonds. The molecule has 1 saturated carbocycles. The number of carbonyl (C=O) groups is 2. The standard InChI is InChI=1S/C25H24N6O4S3/c32-21(16-6-4-5-7-16)18-10-11-26-14-19(18)29-23(33)31-24-30-20(15-36-17-8-2-1-3-9-17)22(37-24)38(34,35)25-27-12-13-28-25/h1-3,8-14,16H,4-7,15H2,(H,27,28)(H2,29,30,31,33). The molecule has 196 valence electrons. The Morgan fingerprint density at radius 1 is 1.08 bits per heavy atom. The van der Waals surface area contributed by atoms with Crippen LogP contribution < -0.4 is 10.6 Å². The number of pyridine rings is 1. The zero-order valence-corrected chi connectivity index (χ0v) is 22.5. The number of aromatic nitrogens is 4. The van der Waals surface area contributed by atoms with Gasteiger partial charge >= 0.3 is 6.03 Å². The van der Waals surface area contributed by atoms with E-state index in [1.807, 2.05) is 30.3 Å². The Morgan fingerprint density at radius 2 is 1.87 bits per heavy atom. The van der Waals surface area contributed by atoms with Crippen LogP contribution in [0.4, 0.5) is 15.6 Å². The van der Waals surface area contributed by atoms with Crippen LogP contribution in [0, 0.1) is 5.92 Å². The van der Waals surface area contributed by atoms with E-state index in [1.54, 1.807) is 6.07 Å². The number of benzene rings is 1. The molecule has 5 rings (SSSR count). The van der Waals surface area contributed by atoms with Crippen LogP contribution in [0.15, 0.2) is 75.4 Å². The minimum Gasteiger partial charge on any atom is -0.335 e. The second-order valence-corrected chi connectivity index (χ2v) is 12.7. The van der Waals surface area contributed by atoms with E-state index in [-0.39, 0.29) is 32.0 Å². The monoisotopic (exact) mass is 568 g/mol. The van der Waals surface area contributed by atoms with Gasteiger partial charge in [0, 0.05) is 40.7 Å². The summed E-state index contributed by atoms with van der Waals surface area (Å²) in [5.41, 5.74) is 0.998. The first-order valence-corrected chi connectivity index (χ1v) is 15.2. The maximum atomic E-state index is 13.3. The van der Waals surface area contributed by atoms with Gasteiger partial charge in [0.05, 0.1) is 17.6 Å². The van der Waals surface area contributed by atoms with Gasteiger partial charge in [-0.1, -0.05) is 42.4 Å². The minimum absolute atomic E-state index is 0.00957. The van der Waals surface area contributed by atoms with Crippen LogP contribution in [0.2, 0.25) is 0 Å². The van der Waals surface area contributed by atoms with Crippen molar-refractivity contribution in [1.29, 1.82) is 0 Å². The number of rotatable bonds is 9. The molecule has 1 aromatic carbocycles. The molecule has 0 saturated heterocycles. The lowest BCUT2D eigenvalue weighted by molar-refractivity contribution is 0.0923. The molecular formula is C25H24N6O4S3. The summed E-state index contributed by atoms with van der Waals surface area (Å²) >= 11 is 2.27. The highest BCUT2D eigenvalue weighted by Gasteiger charge is 2.29. The average molecular weight is 569 g/mol. The molecular weight excluding hydrogens is 545 g/mol. The van der Waals surface area contributed by atoms with Crippen LogP contribution in [-0.2, 0) is 15.6 Å². The molecule has 0 aliphatic heterocycles. The summed E-state index contributed by atoms with van der Waals surface area (Å²) in [5, 5.41) is 5.19. The Bertz CT molecular complexity index is 1530. The quantitative estimate of drug-likeness (QED) is 0.180. The number of hydrogen-bond donors (Lipinski definition) is 3. The van der Waals surface area contributed by atoms with Gasteiger partial charge in [-0.15, -0.1) is 11.8 Å². The van der Waals surface area contributed by atoms with E-state index < -0.39 is 15.9 Å². The van der Waals surface area contributed by atoms with Crippen molar-refractivity contribution in [3.05, 3.63) is 72.4 Å². The van der Waals surface area contributed by atoms with E-state index in [4.69, 9.17) is 0 Å². The number of ketones is 1. The van der Waals surface area contributed by atoms with E-state index in [0.29, 0.717) is 16.9 Å². The highest BCUT2D eigenvalue weighted by atomic mass is 32.2. The maximum Gasteiger partial charge on any atom is 0.325 e. The Balaban J connectivity index is 1.37. The van der Waals surface area contributed by atoms with Gasteiger partial charge in [0.25, 0.3) is 9.84 Å². The number of thiazole rings is 1. The van der Waals surface area contributed by atoms with Gasteiger partial charge < -0.3 is 10.3 Å². The second-order valence-electron chi connectivity index (χ2n) is 8.60. The van der Waals surface area contributed by atoms with Gasteiger partial charge in [0.15, 0.2) is 15.1 Å². The second kappa shape index (κ2) is 11.5. The van der Waals surface area contributed by atoms with Crippen molar-refractivity contribution in [1.82, 2.24) is 19.9 Å². The summed E-state index contributed by atoms with van der Waals surface area (Å²) in [6.45, 7) is 0. The van der Waals surface area contributed by atoms with Gasteiger partial charge in [0.2, 0.25) is 5.16 Å². The highest BCUT2D eigenvalue weighted by Crippen LogP contribution is 2.35. The van der Waals surface area contributed by atoms with Crippen LogP contribution in [0.5, 0.6) is 0 Å². The third kappa shape index (κ3) is 5.79. The third-order valence-corrected chi connectivity index (χ3v) is 10.2. The van der Waals surface area contributed by atoms with Crippen molar-refractivity contribution in [2.45, 2.75) is 45.7 Å². The fourth-order valence-corrected chi connectivity index (χ4v) is 7.91. The third-order valence-electron chi connectivity index (χ3n) is 6.03. The van der Waals surface area contributed by atoms with Crippen LogP contribution in [0.1, 0.15) is 41.7 Å². The molecule has 3 heterocycles. The fraction of sp³-hybridized carbons (Fsp3) is 0.240. The van der Waals surface area contributed by atoms with Crippen molar-refractivity contribution < 1.29 is 18.0 Å². The molecule has 1 fully saturated rings. The van der Waals surface area contributed by atoms with Gasteiger partial charge in [-0.3, -0.25) is 15.1 Å². The Morgan fingerprint density at radius 3 is 2.61 bits per heavy atom. The highest BCUT2D eigenvalue weighted by molar-refractivity contribution is 7.98. The number of carbonyl (C=O) groups excluding carboxylic acids is 2. The van der Waals surface area contributed by atoms with Crippen molar-refractivity contribution in [2.24, 2.45) is 5.92 Å². The number of H-pyrrole nitrogens is 1. The van der Waals surface area contributed by atoms with Gasteiger partial charge in [-0.05, 0) is 31.0 Å². The number of anilines is 2. The Hall–Kier alpha value is -3.55. The van der Waals surface area contributed by atoms with Crippen molar-refractivity contribution in [3.63, 3.8) is 0 Å². The zero-order chi connectivity index (χ0) is 26.5. The molecule has 0 unspecified atom stereocenters. The number of aromatic amines is 1. The molecule has 4 aromatic rings. The van der Waals surface area contributed by atoms with E-state index in [0.717, 1.165) is 41.9 Å². The van der Waals surface area contributed by atoms with Gasteiger partial charge in [-0.25, -0.2) is 23.2 Å². The number of thioether (sulfide) groups is 1. The zero-order valence-electron chi connectivity index (χ0n) is 20.1. The molecule has 0 radical (unpaired) electrons. The molecule has 13 heteroatoms. The van der Waals surface area contributed by atoms with Crippen LogP contribution in [0.3, 0.4) is 0 Å². The van der Waals surface area contributed by atoms with Gasteiger partial charge in [-0.2, -0.15) is 0 Å². The first-order valence-electron chi connectivity index (χ1n) is 11.9. The lowest BCUT2D eigenvalue weighted by Gasteiger charge is -2.13. The number of amides is 2. The predicted molar refractivity (Wildman–Crippen MR) is 145 cm³/mol. The molecule has 1 aliphatic rings. The molecule has 0 bridgehead atoms. The first kappa shape index (κ1) is 26.1. The van der Waals surface area contributed by atoms with E-state index >= 15 is 0 Å².